The van der Waals surface area contributed by atoms with E-state index in [1.54, 1.807) is 0 Å². The minimum atomic E-state index is -0.464. The van der Waals surface area contributed by atoms with E-state index in [9.17, 15) is 4.79 Å². The van der Waals surface area contributed by atoms with Crippen LogP contribution in [0.4, 0.5) is 0 Å². The average Bonchev–Trinajstić information content (AvgIpc) is 2.90. The van der Waals surface area contributed by atoms with Crippen molar-refractivity contribution >= 4 is 23.1 Å². The summed E-state index contributed by atoms with van der Waals surface area (Å²) in [6, 6.07) is 9.88. The van der Waals surface area contributed by atoms with Crippen LogP contribution in [0.5, 0.6) is 0 Å². The Bertz CT molecular complexity index is 481. The molecule has 20 heavy (non-hydrogen) atoms. The molecule has 0 radical (unpaired) electrons. The summed E-state index contributed by atoms with van der Waals surface area (Å²) in [6.07, 6.45) is 4.63. The predicted octanol–water partition coefficient (Wildman–Crippen LogP) is 2.90. The SMILES string of the molecule is CCC(C(=O)NC1(C(N)=S)CCCC1)c1ccccc1. The molecule has 3 N–H and O–H groups in total. The standard InChI is InChI=1S/C16H22N2OS/c1-2-13(12-8-4-3-5-9-12)14(19)18-16(15(17)20)10-6-7-11-16/h3-5,8-9,13H,2,6-7,10-11H2,1H3,(H2,17,20)(H,18,19). The number of rotatable bonds is 5. The van der Waals surface area contributed by atoms with E-state index in [1.807, 2.05) is 37.3 Å². The summed E-state index contributed by atoms with van der Waals surface area (Å²) >= 11 is 5.19. The summed E-state index contributed by atoms with van der Waals surface area (Å²) in [5, 5.41) is 3.14. The van der Waals surface area contributed by atoms with Gasteiger partial charge in [-0.05, 0) is 24.8 Å². The molecule has 1 aliphatic carbocycles. The fourth-order valence-corrected chi connectivity index (χ4v) is 3.25. The van der Waals surface area contributed by atoms with Crippen LogP contribution in [-0.2, 0) is 4.79 Å². The Balaban J connectivity index is 2.15. The number of nitrogens with one attached hydrogen (secondary N) is 1. The lowest BCUT2D eigenvalue weighted by Gasteiger charge is -2.31. The molecule has 4 heteroatoms. The van der Waals surface area contributed by atoms with Gasteiger partial charge in [0.05, 0.1) is 16.4 Å². The maximum absolute atomic E-state index is 12.6. The van der Waals surface area contributed by atoms with Crippen LogP contribution in [0, 0.1) is 0 Å². The first-order valence-electron chi connectivity index (χ1n) is 7.26. The van der Waals surface area contributed by atoms with Crippen LogP contribution >= 0.6 is 12.2 Å². The molecule has 2 rings (SSSR count). The fraction of sp³-hybridized carbons (Fsp3) is 0.500. The van der Waals surface area contributed by atoms with Gasteiger partial charge in [0, 0.05) is 0 Å². The van der Waals surface area contributed by atoms with Crippen molar-refractivity contribution < 1.29 is 4.79 Å². The van der Waals surface area contributed by atoms with E-state index in [-0.39, 0.29) is 11.8 Å². The van der Waals surface area contributed by atoms with E-state index < -0.39 is 5.54 Å². The van der Waals surface area contributed by atoms with Gasteiger partial charge in [-0.25, -0.2) is 0 Å². The van der Waals surface area contributed by atoms with Crippen LogP contribution in [0.25, 0.3) is 0 Å². The number of carbonyl (C=O) groups is 1. The number of amides is 1. The molecule has 1 unspecified atom stereocenters. The van der Waals surface area contributed by atoms with Gasteiger partial charge in [-0.2, -0.15) is 0 Å². The van der Waals surface area contributed by atoms with Gasteiger partial charge in [-0.1, -0.05) is 62.3 Å². The minimum Gasteiger partial charge on any atom is -0.391 e. The van der Waals surface area contributed by atoms with Crippen molar-refractivity contribution in [1.82, 2.24) is 5.32 Å². The van der Waals surface area contributed by atoms with Gasteiger partial charge in [0.25, 0.3) is 0 Å². The molecule has 1 atom stereocenters. The number of carbonyl (C=O) groups excluding carboxylic acids is 1. The maximum atomic E-state index is 12.6. The molecule has 1 aromatic carbocycles. The molecule has 1 aromatic rings. The fourth-order valence-electron chi connectivity index (χ4n) is 2.99. The summed E-state index contributed by atoms with van der Waals surface area (Å²) in [7, 11) is 0. The Kier molecular flexibility index (Phi) is 4.76. The highest BCUT2D eigenvalue weighted by Gasteiger charge is 2.39. The molecular formula is C16H22N2OS. The molecule has 108 valence electrons. The Morgan fingerprint density at radius 2 is 1.95 bits per heavy atom. The highest BCUT2D eigenvalue weighted by atomic mass is 32.1. The van der Waals surface area contributed by atoms with Gasteiger partial charge < -0.3 is 11.1 Å². The lowest BCUT2D eigenvalue weighted by molar-refractivity contribution is -0.123. The van der Waals surface area contributed by atoms with Crippen LogP contribution in [0.15, 0.2) is 30.3 Å². The lowest BCUT2D eigenvalue weighted by atomic mass is 9.92. The van der Waals surface area contributed by atoms with Crippen molar-refractivity contribution in [1.29, 1.82) is 0 Å². The van der Waals surface area contributed by atoms with Crippen molar-refractivity contribution in [3.8, 4) is 0 Å². The summed E-state index contributed by atoms with van der Waals surface area (Å²) in [5.74, 6) is -0.101. The van der Waals surface area contributed by atoms with Crippen molar-refractivity contribution in [2.24, 2.45) is 5.73 Å². The molecule has 0 aromatic heterocycles. The normalized spacial score (nSPS) is 18.4. The molecule has 1 saturated carbocycles. The molecular weight excluding hydrogens is 268 g/mol. The topological polar surface area (TPSA) is 55.1 Å². The Labute approximate surface area is 125 Å². The summed E-state index contributed by atoms with van der Waals surface area (Å²) in [5.41, 5.74) is 6.46. The van der Waals surface area contributed by atoms with E-state index in [0.717, 1.165) is 37.7 Å². The van der Waals surface area contributed by atoms with Gasteiger partial charge >= 0.3 is 0 Å². The first-order valence-corrected chi connectivity index (χ1v) is 7.67. The van der Waals surface area contributed by atoms with E-state index in [0.29, 0.717) is 4.99 Å². The third kappa shape index (κ3) is 3.01. The van der Waals surface area contributed by atoms with Gasteiger partial charge in [-0.3, -0.25) is 4.79 Å². The summed E-state index contributed by atoms with van der Waals surface area (Å²) < 4.78 is 0. The van der Waals surface area contributed by atoms with Crippen molar-refractivity contribution in [2.75, 3.05) is 0 Å². The van der Waals surface area contributed by atoms with Crippen molar-refractivity contribution in [2.45, 2.75) is 50.5 Å². The van der Waals surface area contributed by atoms with E-state index in [2.05, 4.69) is 5.32 Å². The number of thiocarbonyl (C=S) groups is 1. The van der Waals surface area contributed by atoms with E-state index in [4.69, 9.17) is 18.0 Å². The van der Waals surface area contributed by atoms with Gasteiger partial charge in [0.1, 0.15) is 0 Å². The number of hydrogen-bond donors (Lipinski definition) is 2. The van der Waals surface area contributed by atoms with Crippen LogP contribution in [0.2, 0.25) is 0 Å². The van der Waals surface area contributed by atoms with E-state index in [1.165, 1.54) is 0 Å². The third-order valence-corrected chi connectivity index (χ3v) is 4.61. The predicted molar refractivity (Wildman–Crippen MR) is 85.6 cm³/mol. The van der Waals surface area contributed by atoms with Gasteiger partial charge in [0.15, 0.2) is 0 Å². The zero-order valence-electron chi connectivity index (χ0n) is 11.9. The second-order valence-electron chi connectivity index (χ2n) is 5.51. The molecule has 3 nitrogen and oxygen atoms in total. The smallest absolute Gasteiger partial charge is 0.228 e. The van der Waals surface area contributed by atoms with Crippen LogP contribution in [0.3, 0.4) is 0 Å². The summed E-state index contributed by atoms with van der Waals surface area (Å²) in [4.78, 5) is 13.0. The highest BCUT2D eigenvalue weighted by molar-refractivity contribution is 7.80. The lowest BCUT2D eigenvalue weighted by Crippen LogP contribution is -2.55. The highest BCUT2D eigenvalue weighted by Crippen LogP contribution is 2.31. The third-order valence-electron chi connectivity index (χ3n) is 4.22. The van der Waals surface area contributed by atoms with Crippen LogP contribution in [-0.4, -0.2) is 16.4 Å². The number of nitrogens with two attached hydrogens (primary N) is 1. The number of benzene rings is 1. The largest absolute Gasteiger partial charge is 0.391 e. The molecule has 0 aliphatic heterocycles. The average molecular weight is 290 g/mol. The Hall–Kier alpha value is -1.42. The number of hydrogen-bond acceptors (Lipinski definition) is 2. The Morgan fingerprint density at radius 3 is 2.45 bits per heavy atom. The summed E-state index contributed by atoms with van der Waals surface area (Å²) in [6.45, 7) is 2.03. The zero-order chi connectivity index (χ0) is 14.6. The molecule has 0 saturated heterocycles. The molecule has 1 aliphatic rings. The van der Waals surface area contributed by atoms with Crippen molar-refractivity contribution in [3.63, 3.8) is 0 Å². The minimum absolute atomic E-state index is 0.0356. The van der Waals surface area contributed by atoms with Gasteiger partial charge in [-0.15, -0.1) is 0 Å². The molecule has 0 heterocycles. The molecule has 0 spiro atoms. The zero-order valence-corrected chi connectivity index (χ0v) is 12.7. The monoisotopic (exact) mass is 290 g/mol. The quantitative estimate of drug-likeness (QED) is 0.820. The van der Waals surface area contributed by atoms with E-state index >= 15 is 0 Å². The van der Waals surface area contributed by atoms with Crippen molar-refractivity contribution in [3.05, 3.63) is 35.9 Å². The second kappa shape index (κ2) is 6.35. The van der Waals surface area contributed by atoms with Crippen LogP contribution in [0.1, 0.15) is 50.5 Å². The van der Waals surface area contributed by atoms with Crippen LogP contribution < -0.4 is 11.1 Å². The molecule has 1 fully saturated rings. The maximum Gasteiger partial charge on any atom is 0.228 e. The first-order chi connectivity index (χ1) is 9.59. The second-order valence-corrected chi connectivity index (χ2v) is 5.95. The Morgan fingerprint density at radius 1 is 1.35 bits per heavy atom. The first kappa shape index (κ1) is 15.0. The van der Waals surface area contributed by atoms with Gasteiger partial charge in [0.2, 0.25) is 5.91 Å². The molecule has 1 amide bonds. The molecule has 0 bridgehead atoms.